The first-order valence-corrected chi connectivity index (χ1v) is 8.61. The maximum absolute atomic E-state index is 13.6. The van der Waals surface area contributed by atoms with Crippen LogP contribution in [0.2, 0.25) is 0 Å². The summed E-state index contributed by atoms with van der Waals surface area (Å²) in [7, 11) is 1.74. The molecule has 0 spiro atoms. The lowest BCUT2D eigenvalue weighted by molar-refractivity contribution is 0.0516. The molecule has 0 fully saturated rings. The number of anilines is 2. The Labute approximate surface area is 156 Å². The third-order valence-electron chi connectivity index (χ3n) is 3.86. The average molecular weight is 372 g/mol. The molecule has 1 aromatic carbocycles. The Balaban J connectivity index is 2.05. The minimum atomic E-state index is -0.436. The van der Waals surface area contributed by atoms with Crippen molar-refractivity contribution >= 4 is 28.5 Å². The summed E-state index contributed by atoms with van der Waals surface area (Å²) in [5.74, 6) is 0.0110. The molecule has 0 radical (unpaired) electrons. The van der Waals surface area contributed by atoms with Crippen molar-refractivity contribution in [2.75, 3.05) is 11.9 Å². The third-order valence-corrected chi connectivity index (χ3v) is 3.86. The standard InChI is InChI=1S/C19H21FN4O3/c1-5-26-19(25)15-9-14-17(24(15)4)18(22-10-21-14)23-13-7-6-12(20)8-16(13)27-11(2)3/h6-11H,5H2,1-4H3,(H,21,22,23). The molecule has 2 heterocycles. The number of aryl methyl sites for hydroxylation is 1. The number of ether oxygens (including phenoxy) is 2. The predicted molar refractivity (Wildman–Crippen MR) is 99.9 cm³/mol. The third kappa shape index (κ3) is 3.84. The Morgan fingerprint density at radius 2 is 2.07 bits per heavy atom. The number of halogens is 1. The van der Waals surface area contributed by atoms with E-state index in [0.29, 0.717) is 34.0 Å². The molecule has 3 rings (SSSR count). The number of esters is 1. The van der Waals surface area contributed by atoms with E-state index in [0.717, 1.165) is 0 Å². The van der Waals surface area contributed by atoms with Gasteiger partial charge in [0.1, 0.15) is 29.1 Å². The number of benzene rings is 1. The number of nitrogens with zero attached hydrogens (tertiary/aromatic N) is 3. The molecule has 7 nitrogen and oxygen atoms in total. The molecule has 0 bridgehead atoms. The quantitative estimate of drug-likeness (QED) is 0.663. The Bertz CT molecular complexity index is 984. The number of carbonyl (C=O) groups excluding carboxylic acids is 1. The average Bonchev–Trinajstić information content (AvgIpc) is 2.95. The summed E-state index contributed by atoms with van der Waals surface area (Å²) in [6.07, 6.45) is 1.27. The lowest BCUT2D eigenvalue weighted by Gasteiger charge is -2.16. The van der Waals surface area contributed by atoms with Crippen molar-refractivity contribution in [3.63, 3.8) is 0 Å². The molecule has 27 heavy (non-hydrogen) atoms. The van der Waals surface area contributed by atoms with Crippen LogP contribution in [0.1, 0.15) is 31.3 Å². The smallest absolute Gasteiger partial charge is 0.355 e. The van der Waals surface area contributed by atoms with Crippen molar-refractivity contribution in [2.45, 2.75) is 26.9 Å². The highest BCUT2D eigenvalue weighted by Crippen LogP contribution is 2.32. The zero-order valence-electron chi connectivity index (χ0n) is 15.6. The summed E-state index contributed by atoms with van der Waals surface area (Å²) in [5, 5.41) is 3.16. The molecular formula is C19H21FN4O3. The molecule has 0 unspecified atom stereocenters. The van der Waals surface area contributed by atoms with Gasteiger partial charge in [0.05, 0.1) is 23.9 Å². The van der Waals surface area contributed by atoms with Crippen LogP contribution in [-0.2, 0) is 11.8 Å². The topological polar surface area (TPSA) is 78.3 Å². The fourth-order valence-corrected chi connectivity index (χ4v) is 2.75. The Kier molecular flexibility index (Phi) is 5.25. The van der Waals surface area contributed by atoms with Gasteiger partial charge in [-0.05, 0) is 39.0 Å². The highest BCUT2D eigenvalue weighted by Gasteiger charge is 2.19. The highest BCUT2D eigenvalue weighted by molar-refractivity contribution is 5.98. The van der Waals surface area contributed by atoms with Gasteiger partial charge in [0, 0.05) is 13.1 Å². The van der Waals surface area contributed by atoms with Gasteiger partial charge in [-0.1, -0.05) is 0 Å². The summed E-state index contributed by atoms with van der Waals surface area (Å²) < 4.78 is 26.1. The van der Waals surface area contributed by atoms with E-state index in [1.807, 2.05) is 13.8 Å². The van der Waals surface area contributed by atoms with Crippen LogP contribution in [0.4, 0.5) is 15.9 Å². The molecule has 0 saturated heterocycles. The normalized spacial score (nSPS) is 11.0. The predicted octanol–water partition coefficient (Wildman–Crippen LogP) is 3.81. The molecule has 3 aromatic rings. The monoisotopic (exact) mass is 372 g/mol. The van der Waals surface area contributed by atoms with Gasteiger partial charge < -0.3 is 19.4 Å². The van der Waals surface area contributed by atoms with Gasteiger partial charge in [-0.25, -0.2) is 19.2 Å². The number of hydrogen-bond acceptors (Lipinski definition) is 6. The maximum Gasteiger partial charge on any atom is 0.355 e. The molecule has 0 atom stereocenters. The van der Waals surface area contributed by atoms with Gasteiger partial charge in [-0.15, -0.1) is 0 Å². The van der Waals surface area contributed by atoms with Crippen molar-refractivity contribution in [2.24, 2.45) is 7.05 Å². The molecular weight excluding hydrogens is 351 g/mol. The zero-order valence-corrected chi connectivity index (χ0v) is 15.6. The van der Waals surface area contributed by atoms with Crippen molar-refractivity contribution in [3.05, 3.63) is 42.1 Å². The summed E-state index contributed by atoms with van der Waals surface area (Å²) in [6.45, 7) is 5.75. The Morgan fingerprint density at radius 3 is 2.78 bits per heavy atom. The van der Waals surface area contributed by atoms with E-state index < -0.39 is 11.8 Å². The van der Waals surface area contributed by atoms with E-state index in [1.165, 1.54) is 18.5 Å². The van der Waals surface area contributed by atoms with Gasteiger partial charge in [-0.2, -0.15) is 0 Å². The molecule has 0 aliphatic heterocycles. The Morgan fingerprint density at radius 1 is 1.30 bits per heavy atom. The van der Waals surface area contributed by atoms with Crippen molar-refractivity contribution in [3.8, 4) is 5.75 Å². The molecule has 2 aromatic heterocycles. The second-order valence-electron chi connectivity index (χ2n) is 6.20. The lowest BCUT2D eigenvalue weighted by Crippen LogP contribution is -2.10. The van der Waals surface area contributed by atoms with E-state index in [9.17, 15) is 9.18 Å². The number of aromatic nitrogens is 3. The van der Waals surface area contributed by atoms with E-state index in [4.69, 9.17) is 9.47 Å². The van der Waals surface area contributed by atoms with E-state index in [2.05, 4.69) is 15.3 Å². The van der Waals surface area contributed by atoms with Crippen molar-refractivity contribution < 1.29 is 18.7 Å². The van der Waals surface area contributed by atoms with Crippen LogP contribution in [0.15, 0.2) is 30.6 Å². The summed E-state index contributed by atoms with van der Waals surface area (Å²) in [5.41, 5.74) is 2.14. The molecule has 0 aliphatic carbocycles. The highest BCUT2D eigenvalue weighted by atomic mass is 19.1. The molecule has 0 amide bonds. The van der Waals surface area contributed by atoms with Crippen LogP contribution >= 0.6 is 0 Å². The number of nitrogens with one attached hydrogen (secondary N) is 1. The van der Waals surface area contributed by atoms with Crippen molar-refractivity contribution in [1.82, 2.24) is 14.5 Å². The first kappa shape index (κ1) is 18.6. The Hall–Kier alpha value is -3.16. The minimum absolute atomic E-state index is 0.122. The maximum atomic E-state index is 13.6. The fourth-order valence-electron chi connectivity index (χ4n) is 2.75. The second-order valence-corrected chi connectivity index (χ2v) is 6.20. The van der Waals surface area contributed by atoms with E-state index in [-0.39, 0.29) is 12.7 Å². The van der Waals surface area contributed by atoms with Crippen LogP contribution in [0.3, 0.4) is 0 Å². The van der Waals surface area contributed by atoms with Gasteiger partial charge in [0.15, 0.2) is 5.82 Å². The van der Waals surface area contributed by atoms with Crippen LogP contribution in [0.5, 0.6) is 5.75 Å². The molecule has 1 N–H and O–H groups in total. The van der Waals surface area contributed by atoms with E-state index >= 15 is 0 Å². The zero-order chi connectivity index (χ0) is 19.6. The number of rotatable bonds is 6. The SMILES string of the molecule is CCOC(=O)c1cc2ncnc(Nc3ccc(F)cc3OC(C)C)c2n1C. The largest absolute Gasteiger partial charge is 0.489 e. The van der Waals surface area contributed by atoms with E-state index in [1.54, 1.807) is 30.7 Å². The van der Waals surface area contributed by atoms with Crippen LogP contribution in [-0.4, -0.2) is 33.2 Å². The second kappa shape index (κ2) is 7.61. The number of carbonyl (C=O) groups is 1. The first-order chi connectivity index (χ1) is 12.9. The first-order valence-electron chi connectivity index (χ1n) is 8.61. The van der Waals surface area contributed by atoms with Gasteiger partial charge >= 0.3 is 5.97 Å². The van der Waals surface area contributed by atoms with Gasteiger partial charge in [0.2, 0.25) is 0 Å². The van der Waals surface area contributed by atoms with Crippen LogP contribution in [0.25, 0.3) is 11.0 Å². The molecule has 142 valence electrons. The van der Waals surface area contributed by atoms with Gasteiger partial charge in [0.25, 0.3) is 0 Å². The minimum Gasteiger partial charge on any atom is -0.489 e. The summed E-state index contributed by atoms with van der Waals surface area (Å²) in [6, 6.07) is 5.88. The summed E-state index contributed by atoms with van der Waals surface area (Å²) in [4.78, 5) is 20.6. The summed E-state index contributed by atoms with van der Waals surface area (Å²) >= 11 is 0. The lowest BCUT2D eigenvalue weighted by atomic mass is 10.2. The molecule has 8 heteroatoms. The number of fused-ring (bicyclic) bond motifs is 1. The molecule has 0 saturated carbocycles. The fraction of sp³-hybridized carbons (Fsp3) is 0.316. The molecule has 0 aliphatic rings. The van der Waals surface area contributed by atoms with Gasteiger partial charge in [-0.3, -0.25) is 0 Å². The number of hydrogen-bond donors (Lipinski definition) is 1. The van der Waals surface area contributed by atoms with Crippen molar-refractivity contribution in [1.29, 1.82) is 0 Å². The van der Waals surface area contributed by atoms with Crippen LogP contribution < -0.4 is 10.1 Å². The van der Waals surface area contributed by atoms with Crippen LogP contribution in [0, 0.1) is 5.82 Å².